The Bertz CT molecular complexity index is 677. The van der Waals surface area contributed by atoms with E-state index >= 15 is 0 Å². The first-order valence-corrected chi connectivity index (χ1v) is 9.67. The quantitative estimate of drug-likeness (QED) is 0.630. The summed E-state index contributed by atoms with van der Waals surface area (Å²) in [7, 11) is 0. The molecule has 3 heteroatoms. The molecule has 1 heterocycles. The van der Waals surface area contributed by atoms with Crippen LogP contribution in [0.15, 0.2) is 54.6 Å². The summed E-state index contributed by atoms with van der Waals surface area (Å²) < 4.78 is 0. The number of halogens is 1. The number of amides is 1. The molecule has 0 aliphatic carbocycles. The van der Waals surface area contributed by atoms with Crippen molar-refractivity contribution in [2.45, 2.75) is 44.4 Å². The summed E-state index contributed by atoms with van der Waals surface area (Å²) >= 11 is 6.00. The second-order valence-electron chi connectivity index (χ2n) is 6.90. The van der Waals surface area contributed by atoms with Crippen LogP contribution in [0.3, 0.4) is 0 Å². The Morgan fingerprint density at radius 3 is 2.48 bits per heavy atom. The minimum atomic E-state index is 0.317. The number of piperidine rings is 1. The van der Waals surface area contributed by atoms with E-state index in [2.05, 4.69) is 41.3 Å². The minimum absolute atomic E-state index is 0.317. The summed E-state index contributed by atoms with van der Waals surface area (Å²) in [6.45, 7) is 1.79. The molecule has 0 bridgehead atoms. The molecule has 0 saturated carbocycles. The van der Waals surface area contributed by atoms with Gasteiger partial charge in [0.1, 0.15) is 0 Å². The van der Waals surface area contributed by atoms with Gasteiger partial charge in [-0.05, 0) is 61.3 Å². The van der Waals surface area contributed by atoms with Crippen molar-refractivity contribution < 1.29 is 4.79 Å². The van der Waals surface area contributed by atoms with Crippen LogP contribution in [0.2, 0.25) is 5.02 Å². The number of benzene rings is 2. The Hall–Kier alpha value is -1.80. The molecule has 0 spiro atoms. The maximum atomic E-state index is 12.4. The number of hydrogen-bond acceptors (Lipinski definition) is 1. The molecule has 1 amide bonds. The molecule has 132 valence electrons. The van der Waals surface area contributed by atoms with Gasteiger partial charge in [-0.1, -0.05) is 54.1 Å². The summed E-state index contributed by atoms with van der Waals surface area (Å²) in [6, 6.07) is 18.7. The predicted octanol–water partition coefficient (Wildman–Crippen LogP) is 5.46. The molecule has 0 unspecified atom stereocenters. The third kappa shape index (κ3) is 5.34. The van der Waals surface area contributed by atoms with Gasteiger partial charge in [-0.2, -0.15) is 0 Å². The number of likely N-dealkylation sites (tertiary alicyclic amines) is 1. The third-order valence-corrected chi connectivity index (χ3v) is 5.35. The number of nitrogens with zero attached hydrogens (tertiary/aromatic N) is 1. The summed E-state index contributed by atoms with van der Waals surface area (Å²) in [5.74, 6) is 0.922. The number of unbranched alkanes of at least 4 members (excludes halogenated alkanes) is 1. The molecule has 2 aromatic rings. The van der Waals surface area contributed by atoms with Crippen molar-refractivity contribution in [3.05, 3.63) is 70.7 Å². The van der Waals surface area contributed by atoms with Gasteiger partial charge in [0.15, 0.2) is 0 Å². The van der Waals surface area contributed by atoms with Gasteiger partial charge in [-0.25, -0.2) is 0 Å². The summed E-state index contributed by atoms with van der Waals surface area (Å²) in [5, 5.41) is 0.787. The third-order valence-electron chi connectivity index (χ3n) is 5.11. The largest absolute Gasteiger partial charge is 0.343 e. The fraction of sp³-hybridized carbons (Fsp3) is 0.409. The fourth-order valence-corrected chi connectivity index (χ4v) is 3.86. The monoisotopic (exact) mass is 355 g/mol. The van der Waals surface area contributed by atoms with E-state index in [0.717, 1.165) is 50.2 Å². The van der Waals surface area contributed by atoms with Crippen molar-refractivity contribution in [1.29, 1.82) is 0 Å². The van der Waals surface area contributed by atoms with E-state index in [-0.39, 0.29) is 0 Å². The first kappa shape index (κ1) is 18.0. The van der Waals surface area contributed by atoms with Gasteiger partial charge >= 0.3 is 0 Å². The Morgan fingerprint density at radius 2 is 1.76 bits per heavy atom. The van der Waals surface area contributed by atoms with Gasteiger partial charge in [0.05, 0.1) is 0 Å². The average molecular weight is 356 g/mol. The lowest BCUT2D eigenvalue weighted by Crippen LogP contribution is -2.37. The smallest absolute Gasteiger partial charge is 0.222 e. The molecule has 3 rings (SSSR count). The highest BCUT2D eigenvalue weighted by molar-refractivity contribution is 6.30. The first-order valence-electron chi connectivity index (χ1n) is 9.29. The van der Waals surface area contributed by atoms with Crippen LogP contribution in [0.1, 0.15) is 49.1 Å². The van der Waals surface area contributed by atoms with E-state index in [1.165, 1.54) is 11.1 Å². The lowest BCUT2D eigenvalue weighted by atomic mass is 9.89. The van der Waals surface area contributed by atoms with Crippen LogP contribution >= 0.6 is 11.6 Å². The zero-order chi connectivity index (χ0) is 17.5. The van der Waals surface area contributed by atoms with E-state index < -0.39 is 0 Å². The van der Waals surface area contributed by atoms with Crippen LogP contribution in [0.5, 0.6) is 0 Å². The molecule has 0 atom stereocenters. The summed E-state index contributed by atoms with van der Waals surface area (Å²) in [4.78, 5) is 14.5. The lowest BCUT2D eigenvalue weighted by molar-refractivity contribution is -0.132. The van der Waals surface area contributed by atoms with Gasteiger partial charge in [0.2, 0.25) is 5.91 Å². The molecular weight excluding hydrogens is 330 g/mol. The Kier molecular flexibility index (Phi) is 6.52. The van der Waals surface area contributed by atoms with Crippen LogP contribution in [0.4, 0.5) is 0 Å². The van der Waals surface area contributed by atoms with Crippen molar-refractivity contribution >= 4 is 17.5 Å². The van der Waals surface area contributed by atoms with Crippen molar-refractivity contribution in [3.63, 3.8) is 0 Å². The zero-order valence-electron chi connectivity index (χ0n) is 14.7. The number of carbonyl (C=O) groups excluding carboxylic acids is 1. The van der Waals surface area contributed by atoms with E-state index in [9.17, 15) is 4.79 Å². The first-order chi connectivity index (χ1) is 12.2. The molecule has 0 radical (unpaired) electrons. The second-order valence-corrected chi connectivity index (χ2v) is 7.34. The van der Waals surface area contributed by atoms with E-state index in [4.69, 9.17) is 11.6 Å². The predicted molar refractivity (Wildman–Crippen MR) is 104 cm³/mol. The van der Waals surface area contributed by atoms with Crippen molar-refractivity contribution in [2.24, 2.45) is 0 Å². The highest BCUT2D eigenvalue weighted by Gasteiger charge is 2.23. The average Bonchev–Trinajstić information content (AvgIpc) is 2.66. The molecule has 1 aliphatic heterocycles. The highest BCUT2D eigenvalue weighted by atomic mass is 35.5. The van der Waals surface area contributed by atoms with Crippen LogP contribution in [0.25, 0.3) is 0 Å². The molecule has 0 aromatic heterocycles. The van der Waals surface area contributed by atoms with Gasteiger partial charge in [0, 0.05) is 24.5 Å². The summed E-state index contributed by atoms with van der Waals surface area (Å²) in [5.41, 5.74) is 2.67. The molecule has 1 aliphatic rings. The molecule has 2 aromatic carbocycles. The van der Waals surface area contributed by atoms with Crippen molar-refractivity contribution in [2.75, 3.05) is 13.1 Å². The Balaban J connectivity index is 1.37. The topological polar surface area (TPSA) is 20.3 Å². The van der Waals surface area contributed by atoms with Crippen LogP contribution < -0.4 is 0 Å². The molecule has 0 N–H and O–H groups in total. The number of aryl methyl sites for hydroxylation is 1. The Morgan fingerprint density at radius 1 is 1.00 bits per heavy atom. The zero-order valence-corrected chi connectivity index (χ0v) is 15.4. The van der Waals surface area contributed by atoms with Crippen LogP contribution in [-0.4, -0.2) is 23.9 Å². The normalized spacial score (nSPS) is 15.3. The van der Waals surface area contributed by atoms with Crippen molar-refractivity contribution in [1.82, 2.24) is 4.90 Å². The molecule has 1 fully saturated rings. The lowest BCUT2D eigenvalue weighted by Gasteiger charge is -2.32. The maximum absolute atomic E-state index is 12.4. The standard InChI is InChI=1S/C22H26ClNO/c23-21-11-6-8-18(17-21)7-4-5-12-22(25)24-15-13-20(14-16-24)19-9-2-1-3-10-19/h1-3,6,8-11,17,20H,4-5,7,12-16H2. The SMILES string of the molecule is O=C(CCCCc1cccc(Cl)c1)N1CCC(c2ccccc2)CC1. The number of carbonyl (C=O) groups is 1. The van der Waals surface area contributed by atoms with Crippen LogP contribution in [-0.2, 0) is 11.2 Å². The second kappa shape index (κ2) is 9.05. The maximum Gasteiger partial charge on any atom is 0.222 e. The molecule has 25 heavy (non-hydrogen) atoms. The van der Waals surface area contributed by atoms with Crippen molar-refractivity contribution in [3.8, 4) is 0 Å². The van der Waals surface area contributed by atoms with Gasteiger partial charge < -0.3 is 4.90 Å². The van der Waals surface area contributed by atoms with E-state index in [1.807, 2.05) is 18.2 Å². The van der Waals surface area contributed by atoms with Crippen LogP contribution in [0, 0.1) is 0 Å². The van der Waals surface area contributed by atoms with E-state index in [0.29, 0.717) is 18.2 Å². The van der Waals surface area contributed by atoms with Gasteiger partial charge in [-0.3, -0.25) is 4.79 Å². The summed E-state index contributed by atoms with van der Waals surface area (Å²) in [6.07, 6.45) is 5.80. The molecular formula is C22H26ClNO. The highest BCUT2D eigenvalue weighted by Crippen LogP contribution is 2.28. The van der Waals surface area contributed by atoms with Gasteiger partial charge in [0.25, 0.3) is 0 Å². The van der Waals surface area contributed by atoms with Gasteiger partial charge in [-0.15, -0.1) is 0 Å². The minimum Gasteiger partial charge on any atom is -0.343 e. The fourth-order valence-electron chi connectivity index (χ4n) is 3.64. The number of rotatable bonds is 6. The van der Waals surface area contributed by atoms with E-state index in [1.54, 1.807) is 0 Å². The molecule has 2 nitrogen and oxygen atoms in total. The molecule has 1 saturated heterocycles. The number of hydrogen-bond donors (Lipinski definition) is 0. The Labute approximate surface area is 155 Å².